The van der Waals surface area contributed by atoms with E-state index in [0.29, 0.717) is 18.2 Å². The number of thioether (sulfide) groups is 1. The predicted molar refractivity (Wildman–Crippen MR) is 60.9 cm³/mol. The molecule has 0 radical (unpaired) electrons. The predicted octanol–water partition coefficient (Wildman–Crippen LogP) is -0.497. The van der Waals surface area contributed by atoms with Gasteiger partial charge in [-0.05, 0) is 12.8 Å². The molecule has 2 heterocycles. The Morgan fingerprint density at radius 3 is 3.00 bits per heavy atom. The van der Waals surface area contributed by atoms with Crippen molar-refractivity contribution in [2.24, 2.45) is 0 Å². The summed E-state index contributed by atoms with van der Waals surface area (Å²) in [6, 6.07) is -0.0436. The number of rotatable bonds is 3. The van der Waals surface area contributed by atoms with Gasteiger partial charge in [0.25, 0.3) is 0 Å². The maximum Gasteiger partial charge on any atom is 0.242 e. The fourth-order valence-electron chi connectivity index (χ4n) is 2.15. The first kappa shape index (κ1) is 11.7. The van der Waals surface area contributed by atoms with Crippen LogP contribution >= 0.6 is 11.8 Å². The van der Waals surface area contributed by atoms with Crippen molar-refractivity contribution >= 4 is 23.6 Å². The molecule has 1 N–H and O–H groups in total. The van der Waals surface area contributed by atoms with Crippen molar-refractivity contribution in [2.45, 2.75) is 18.9 Å². The summed E-state index contributed by atoms with van der Waals surface area (Å²) >= 11 is 1.54. The molecule has 2 amide bonds. The summed E-state index contributed by atoms with van der Waals surface area (Å²) in [6.45, 7) is 0.899. The van der Waals surface area contributed by atoms with Crippen LogP contribution in [-0.2, 0) is 9.59 Å². The molecular formula is C10H16N2O3S. The van der Waals surface area contributed by atoms with Gasteiger partial charge in [-0.25, -0.2) is 0 Å². The zero-order valence-corrected chi connectivity index (χ0v) is 9.91. The standard InChI is InChI=1S/C10H16N2O3S/c13-5-8-2-1-3-12(8)9(14)4-11-7-16-6-10(11)15/h8,13H,1-7H2/t8-/m1/s1. The summed E-state index contributed by atoms with van der Waals surface area (Å²) in [5.74, 6) is 1.10. The lowest BCUT2D eigenvalue weighted by atomic mass is 10.2. The number of likely N-dealkylation sites (tertiary alicyclic amines) is 1. The molecule has 0 aromatic heterocycles. The molecule has 16 heavy (non-hydrogen) atoms. The van der Waals surface area contributed by atoms with Gasteiger partial charge < -0.3 is 14.9 Å². The molecule has 5 nitrogen and oxygen atoms in total. The Kier molecular flexibility index (Phi) is 3.70. The molecule has 0 aromatic carbocycles. The van der Waals surface area contributed by atoms with Gasteiger partial charge in [-0.15, -0.1) is 11.8 Å². The minimum absolute atomic E-state index is 0.0223. The Morgan fingerprint density at radius 1 is 1.56 bits per heavy atom. The van der Waals surface area contributed by atoms with E-state index in [1.807, 2.05) is 0 Å². The van der Waals surface area contributed by atoms with Gasteiger partial charge in [-0.3, -0.25) is 9.59 Å². The number of hydrogen-bond acceptors (Lipinski definition) is 4. The molecule has 0 bridgehead atoms. The highest BCUT2D eigenvalue weighted by molar-refractivity contribution is 8.00. The van der Waals surface area contributed by atoms with Gasteiger partial charge in [0, 0.05) is 6.54 Å². The summed E-state index contributed by atoms with van der Waals surface area (Å²) < 4.78 is 0. The molecule has 1 atom stereocenters. The maximum atomic E-state index is 11.9. The Balaban J connectivity index is 1.89. The average molecular weight is 244 g/mol. The van der Waals surface area contributed by atoms with Crippen molar-refractivity contribution in [3.63, 3.8) is 0 Å². The average Bonchev–Trinajstić information content (AvgIpc) is 2.87. The van der Waals surface area contributed by atoms with Gasteiger partial charge in [0.15, 0.2) is 0 Å². The van der Waals surface area contributed by atoms with Crippen LogP contribution in [0, 0.1) is 0 Å². The smallest absolute Gasteiger partial charge is 0.242 e. The number of aliphatic hydroxyl groups excluding tert-OH is 1. The second-order valence-corrected chi connectivity index (χ2v) is 5.09. The highest BCUT2D eigenvalue weighted by Gasteiger charge is 2.31. The molecule has 6 heteroatoms. The summed E-state index contributed by atoms with van der Waals surface area (Å²) in [4.78, 5) is 26.6. The van der Waals surface area contributed by atoms with Gasteiger partial charge in [-0.1, -0.05) is 0 Å². The quantitative estimate of drug-likeness (QED) is 0.727. The van der Waals surface area contributed by atoms with Gasteiger partial charge >= 0.3 is 0 Å². The lowest BCUT2D eigenvalue weighted by molar-refractivity contribution is -0.138. The molecule has 2 aliphatic heterocycles. The minimum Gasteiger partial charge on any atom is -0.394 e. The monoisotopic (exact) mass is 244 g/mol. The molecule has 90 valence electrons. The highest BCUT2D eigenvalue weighted by Crippen LogP contribution is 2.19. The third kappa shape index (κ3) is 2.32. The lowest BCUT2D eigenvalue weighted by Crippen LogP contribution is -2.44. The summed E-state index contributed by atoms with van der Waals surface area (Å²) in [7, 11) is 0. The van der Waals surface area contributed by atoms with Crippen LogP contribution in [0.4, 0.5) is 0 Å². The maximum absolute atomic E-state index is 11.9. The van der Waals surface area contributed by atoms with Gasteiger partial charge in [0.1, 0.15) is 6.54 Å². The Bertz CT molecular complexity index is 298. The Hall–Kier alpha value is -0.750. The third-order valence-corrected chi connectivity index (χ3v) is 4.01. The zero-order chi connectivity index (χ0) is 11.5. The molecule has 0 aliphatic carbocycles. The van der Waals surface area contributed by atoms with Crippen LogP contribution < -0.4 is 0 Å². The molecule has 0 spiro atoms. The molecular weight excluding hydrogens is 228 g/mol. The minimum atomic E-state index is -0.0436. The normalized spacial score (nSPS) is 25.6. The number of carbonyl (C=O) groups is 2. The summed E-state index contributed by atoms with van der Waals surface area (Å²) in [6.07, 6.45) is 1.81. The van der Waals surface area contributed by atoms with E-state index >= 15 is 0 Å². The van der Waals surface area contributed by atoms with Gasteiger partial charge in [0.2, 0.25) is 11.8 Å². The fourth-order valence-corrected chi connectivity index (χ4v) is 3.05. The lowest BCUT2D eigenvalue weighted by Gasteiger charge is -2.25. The van der Waals surface area contributed by atoms with Gasteiger partial charge in [-0.2, -0.15) is 0 Å². The number of carbonyl (C=O) groups excluding carboxylic acids is 2. The van der Waals surface area contributed by atoms with Crippen molar-refractivity contribution in [2.75, 3.05) is 31.3 Å². The van der Waals surface area contributed by atoms with Crippen LogP contribution in [0.25, 0.3) is 0 Å². The molecule has 2 saturated heterocycles. The first-order chi connectivity index (χ1) is 7.72. The number of hydrogen-bond donors (Lipinski definition) is 1. The molecule has 0 saturated carbocycles. The largest absolute Gasteiger partial charge is 0.394 e. The van der Waals surface area contributed by atoms with Crippen molar-refractivity contribution in [3.05, 3.63) is 0 Å². The fraction of sp³-hybridized carbons (Fsp3) is 0.800. The van der Waals surface area contributed by atoms with E-state index in [9.17, 15) is 9.59 Å². The van der Waals surface area contributed by atoms with Crippen molar-refractivity contribution in [3.8, 4) is 0 Å². The van der Waals surface area contributed by atoms with E-state index in [0.717, 1.165) is 12.8 Å². The summed E-state index contributed by atoms with van der Waals surface area (Å²) in [5.41, 5.74) is 0. The van der Waals surface area contributed by atoms with E-state index in [1.165, 1.54) is 11.8 Å². The van der Waals surface area contributed by atoms with E-state index in [4.69, 9.17) is 5.11 Å². The first-order valence-corrected chi connectivity index (χ1v) is 6.63. The number of nitrogens with zero attached hydrogens (tertiary/aromatic N) is 2. The molecule has 0 aromatic rings. The van der Waals surface area contributed by atoms with Crippen LogP contribution in [-0.4, -0.2) is 64.1 Å². The second kappa shape index (κ2) is 5.05. The van der Waals surface area contributed by atoms with Crippen LogP contribution in [0.1, 0.15) is 12.8 Å². The van der Waals surface area contributed by atoms with E-state index < -0.39 is 0 Å². The Labute approximate surface area is 98.8 Å². The third-order valence-electron chi connectivity index (χ3n) is 3.06. The van der Waals surface area contributed by atoms with Crippen molar-refractivity contribution in [1.29, 1.82) is 0 Å². The van der Waals surface area contributed by atoms with Gasteiger partial charge in [0.05, 0.1) is 24.3 Å². The zero-order valence-electron chi connectivity index (χ0n) is 9.09. The Morgan fingerprint density at radius 2 is 2.38 bits per heavy atom. The number of amides is 2. The van der Waals surface area contributed by atoms with Crippen LogP contribution in [0.5, 0.6) is 0 Å². The molecule has 2 fully saturated rings. The highest BCUT2D eigenvalue weighted by atomic mass is 32.2. The van der Waals surface area contributed by atoms with E-state index in [-0.39, 0.29) is 31.0 Å². The van der Waals surface area contributed by atoms with Crippen molar-refractivity contribution in [1.82, 2.24) is 9.80 Å². The van der Waals surface area contributed by atoms with Crippen LogP contribution in [0.2, 0.25) is 0 Å². The number of aliphatic hydroxyl groups is 1. The van der Waals surface area contributed by atoms with E-state index in [1.54, 1.807) is 9.80 Å². The molecule has 2 rings (SSSR count). The second-order valence-electron chi connectivity index (χ2n) is 4.14. The topological polar surface area (TPSA) is 60.9 Å². The van der Waals surface area contributed by atoms with E-state index in [2.05, 4.69) is 0 Å². The summed E-state index contributed by atoms with van der Waals surface area (Å²) in [5, 5.41) is 9.12. The molecule has 0 unspecified atom stereocenters. The molecule has 2 aliphatic rings. The first-order valence-electron chi connectivity index (χ1n) is 5.48. The van der Waals surface area contributed by atoms with Crippen LogP contribution in [0.15, 0.2) is 0 Å². The van der Waals surface area contributed by atoms with Crippen LogP contribution in [0.3, 0.4) is 0 Å². The SMILES string of the molecule is O=C1CSCN1CC(=O)N1CCC[C@@H]1CO. The van der Waals surface area contributed by atoms with Crippen molar-refractivity contribution < 1.29 is 14.7 Å².